The van der Waals surface area contributed by atoms with Gasteiger partial charge in [0.05, 0.1) is 0 Å². The van der Waals surface area contributed by atoms with Crippen molar-refractivity contribution in [3.05, 3.63) is 158 Å². The molecule has 0 N–H and O–H groups in total. The van der Waals surface area contributed by atoms with Crippen LogP contribution in [-0.4, -0.2) is 0 Å². The van der Waals surface area contributed by atoms with E-state index in [2.05, 4.69) is 158 Å². The number of hydrogen-bond donors (Lipinski definition) is 0. The zero-order valence-electron chi connectivity index (χ0n) is 24.4. The summed E-state index contributed by atoms with van der Waals surface area (Å²) in [6.07, 6.45) is 0. The smallest absolute Gasteiger partial charge is 0.135 e. The Morgan fingerprint density at radius 3 is 1.76 bits per heavy atom. The lowest BCUT2D eigenvalue weighted by molar-refractivity contribution is 0.487. The predicted octanol–water partition coefficient (Wildman–Crippen LogP) is 12.5. The third-order valence-electron chi connectivity index (χ3n) is 9.57. The maximum Gasteiger partial charge on any atom is 0.135 e. The van der Waals surface area contributed by atoms with Crippen LogP contribution >= 0.6 is 0 Å². The van der Waals surface area contributed by atoms with Crippen LogP contribution in [0.25, 0.3) is 87.6 Å². The molecule has 0 radical (unpaired) electrons. The Hall–Kier alpha value is -5.92. The molecule has 0 unspecified atom stereocenters. The van der Waals surface area contributed by atoms with E-state index in [1.165, 1.54) is 82.0 Å². The molecule has 0 atom stereocenters. The minimum Gasteiger partial charge on any atom is -0.456 e. The van der Waals surface area contributed by atoms with Gasteiger partial charge in [-0.1, -0.05) is 121 Å². The van der Waals surface area contributed by atoms with Gasteiger partial charge in [0, 0.05) is 10.9 Å². The molecule has 1 heterocycles. The molecule has 0 spiro atoms. The molecule has 1 heteroatoms. The Morgan fingerprint density at radius 1 is 0.289 bits per heavy atom. The van der Waals surface area contributed by atoms with E-state index in [0.717, 1.165) is 17.1 Å². The quantitative estimate of drug-likeness (QED) is 0.192. The Bertz CT molecular complexity index is 2550. The summed E-state index contributed by atoms with van der Waals surface area (Å²) in [6.45, 7) is 0. The summed E-state index contributed by atoms with van der Waals surface area (Å²) in [5, 5.41) is 10.2. The Morgan fingerprint density at radius 2 is 0.933 bits per heavy atom. The zero-order valence-corrected chi connectivity index (χ0v) is 24.4. The van der Waals surface area contributed by atoms with Crippen molar-refractivity contribution in [3.63, 3.8) is 0 Å². The van der Waals surface area contributed by atoms with Gasteiger partial charge in [-0.3, -0.25) is 0 Å². The lowest BCUT2D eigenvalue weighted by Gasteiger charge is -2.23. The summed E-state index contributed by atoms with van der Waals surface area (Å²) in [4.78, 5) is 0. The molecule has 45 heavy (non-hydrogen) atoms. The van der Waals surface area contributed by atoms with Crippen molar-refractivity contribution in [3.8, 4) is 56.0 Å². The minimum absolute atomic E-state index is 0.902. The van der Waals surface area contributed by atoms with Crippen molar-refractivity contribution >= 4 is 43.1 Å². The van der Waals surface area contributed by atoms with Gasteiger partial charge in [-0.25, -0.2) is 0 Å². The highest BCUT2D eigenvalue weighted by Crippen LogP contribution is 2.49. The molecule has 0 aromatic heterocycles. The largest absolute Gasteiger partial charge is 0.456 e. The van der Waals surface area contributed by atoms with Crippen LogP contribution in [0.15, 0.2) is 158 Å². The van der Waals surface area contributed by atoms with Crippen LogP contribution in [0.1, 0.15) is 0 Å². The first-order valence-corrected chi connectivity index (χ1v) is 15.5. The monoisotopic (exact) mass is 570 g/mol. The van der Waals surface area contributed by atoms with Crippen molar-refractivity contribution in [2.45, 2.75) is 0 Å². The average molecular weight is 571 g/mol. The van der Waals surface area contributed by atoms with Gasteiger partial charge in [0.15, 0.2) is 0 Å². The Kier molecular flexibility index (Phi) is 5.06. The molecule has 10 rings (SSSR count). The SMILES string of the molecule is c1ccc(-c2ccc3c(c2)-c2cccc4c(-c5cccc(-c6cc7ccc8cccc9ccc(c6)c7c89)c5)ccc(c24)O3)cc1. The van der Waals surface area contributed by atoms with Gasteiger partial charge in [0.25, 0.3) is 0 Å². The molecule has 0 amide bonds. The number of hydrogen-bond acceptors (Lipinski definition) is 1. The van der Waals surface area contributed by atoms with Crippen LogP contribution in [-0.2, 0) is 0 Å². The normalized spacial score (nSPS) is 12.2. The lowest BCUT2D eigenvalue weighted by Crippen LogP contribution is -1.98. The van der Waals surface area contributed by atoms with Gasteiger partial charge in [0.1, 0.15) is 11.5 Å². The fourth-order valence-corrected chi connectivity index (χ4v) is 7.48. The molecule has 0 aliphatic carbocycles. The molecule has 9 aromatic carbocycles. The van der Waals surface area contributed by atoms with Crippen molar-refractivity contribution in [2.75, 3.05) is 0 Å². The first kappa shape index (κ1) is 24.5. The maximum absolute atomic E-state index is 6.52. The van der Waals surface area contributed by atoms with E-state index < -0.39 is 0 Å². The van der Waals surface area contributed by atoms with E-state index in [1.54, 1.807) is 0 Å². The van der Waals surface area contributed by atoms with Crippen LogP contribution in [0.2, 0.25) is 0 Å². The van der Waals surface area contributed by atoms with Crippen LogP contribution in [0, 0.1) is 0 Å². The fourth-order valence-electron chi connectivity index (χ4n) is 7.48. The van der Waals surface area contributed by atoms with Crippen LogP contribution in [0.5, 0.6) is 11.5 Å². The van der Waals surface area contributed by atoms with E-state index in [-0.39, 0.29) is 0 Å². The summed E-state index contributed by atoms with van der Waals surface area (Å²) in [5.41, 5.74) is 9.60. The minimum atomic E-state index is 0.902. The third kappa shape index (κ3) is 3.68. The zero-order chi connectivity index (χ0) is 29.5. The number of benzene rings is 9. The molecule has 0 saturated carbocycles. The predicted molar refractivity (Wildman–Crippen MR) is 189 cm³/mol. The van der Waals surface area contributed by atoms with E-state index in [1.807, 2.05) is 0 Å². The summed E-state index contributed by atoms with van der Waals surface area (Å²) in [7, 11) is 0. The first-order chi connectivity index (χ1) is 22.3. The molecule has 1 nitrogen and oxygen atoms in total. The van der Waals surface area contributed by atoms with E-state index in [9.17, 15) is 0 Å². The van der Waals surface area contributed by atoms with Crippen LogP contribution < -0.4 is 4.74 Å². The van der Waals surface area contributed by atoms with Gasteiger partial charge in [-0.15, -0.1) is 0 Å². The molecule has 0 saturated heterocycles. The topological polar surface area (TPSA) is 9.23 Å². The van der Waals surface area contributed by atoms with Crippen LogP contribution in [0.4, 0.5) is 0 Å². The standard InChI is InChI=1S/C44H26O/c1-2-7-27(8-3-1)31-19-21-40-39(26-31)38-14-6-13-37-36(20-22-41(45-40)44(37)38)32-12-5-11-30(23-32)35-24-33-17-15-28-9-4-10-29-16-18-34(25-35)43(33)42(28)29/h1-26H. The second-order valence-corrected chi connectivity index (χ2v) is 12.1. The molecule has 9 aromatic rings. The molecule has 1 aliphatic rings. The first-order valence-electron chi connectivity index (χ1n) is 15.5. The van der Waals surface area contributed by atoms with Gasteiger partial charge >= 0.3 is 0 Å². The highest BCUT2D eigenvalue weighted by Gasteiger charge is 2.22. The molecule has 1 aliphatic heterocycles. The van der Waals surface area contributed by atoms with Gasteiger partial charge < -0.3 is 4.74 Å². The van der Waals surface area contributed by atoms with Crippen molar-refractivity contribution < 1.29 is 4.74 Å². The third-order valence-corrected chi connectivity index (χ3v) is 9.57. The molecular formula is C44H26O. The van der Waals surface area contributed by atoms with E-state index >= 15 is 0 Å². The average Bonchev–Trinajstić information content (AvgIpc) is 3.11. The molecule has 0 fully saturated rings. The second kappa shape index (κ2) is 9.29. The maximum atomic E-state index is 6.52. The highest BCUT2D eigenvalue weighted by molar-refractivity contribution is 6.23. The molecule has 208 valence electrons. The summed E-state index contributed by atoms with van der Waals surface area (Å²) in [5.74, 6) is 1.81. The number of fused-ring (bicyclic) bond motifs is 2. The highest BCUT2D eigenvalue weighted by atomic mass is 16.5. The van der Waals surface area contributed by atoms with Crippen molar-refractivity contribution in [2.24, 2.45) is 0 Å². The molecule has 0 bridgehead atoms. The van der Waals surface area contributed by atoms with Gasteiger partial charge in [-0.2, -0.15) is 0 Å². The number of rotatable bonds is 3. The van der Waals surface area contributed by atoms with E-state index in [0.29, 0.717) is 0 Å². The van der Waals surface area contributed by atoms with Crippen molar-refractivity contribution in [1.29, 1.82) is 0 Å². The van der Waals surface area contributed by atoms with Gasteiger partial charge in [-0.05, 0) is 113 Å². The Balaban J connectivity index is 1.12. The summed E-state index contributed by atoms with van der Waals surface area (Å²) < 4.78 is 6.52. The summed E-state index contributed by atoms with van der Waals surface area (Å²) in [6, 6.07) is 57.3. The van der Waals surface area contributed by atoms with Crippen LogP contribution in [0.3, 0.4) is 0 Å². The van der Waals surface area contributed by atoms with Crippen molar-refractivity contribution in [1.82, 2.24) is 0 Å². The summed E-state index contributed by atoms with van der Waals surface area (Å²) >= 11 is 0. The molecular weight excluding hydrogens is 544 g/mol. The Labute approximate surface area is 260 Å². The fraction of sp³-hybridized carbons (Fsp3) is 0. The number of ether oxygens (including phenoxy) is 1. The van der Waals surface area contributed by atoms with E-state index in [4.69, 9.17) is 4.74 Å². The second-order valence-electron chi connectivity index (χ2n) is 12.1. The lowest BCUT2D eigenvalue weighted by atomic mass is 9.88. The van der Waals surface area contributed by atoms with Gasteiger partial charge in [0.2, 0.25) is 0 Å².